The van der Waals surface area contributed by atoms with E-state index in [0.29, 0.717) is 12.3 Å². The highest BCUT2D eigenvalue weighted by atomic mass is 32.2. The summed E-state index contributed by atoms with van der Waals surface area (Å²) in [4.78, 5) is 2.16. The molecule has 0 aliphatic carbocycles. The van der Waals surface area contributed by atoms with Gasteiger partial charge in [0, 0.05) is 12.1 Å². The van der Waals surface area contributed by atoms with Crippen LogP contribution in [-0.2, 0) is 9.84 Å². The van der Waals surface area contributed by atoms with Crippen LogP contribution in [0.1, 0.15) is 32.6 Å². The number of unbranched alkanes of at least 4 members (excludes halogenated alkanes) is 1. The van der Waals surface area contributed by atoms with Gasteiger partial charge in [0.1, 0.15) is 0 Å². The Labute approximate surface area is 99.1 Å². The van der Waals surface area contributed by atoms with Crippen LogP contribution in [0.2, 0.25) is 0 Å². The van der Waals surface area contributed by atoms with Gasteiger partial charge in [-0.05, 0) is 32.9 Å². The van der Waals surface area contributed by atoms with Crippen molar-refractivity contribution < 1.29 is 8.42 Å². The van der Waals surface area contributed by atoms with Crippen LogP contribution in [0.3, 0.4) is 0 Å². The molecular weight excluding hydrogens is 224 g/mol. The van der Waals surface area contributed by atoms with Crippen molar-refractivity contribution in [2.75, 3.05) is 31.6 Å². The van der Waals surface area contributed by atoms with Crippen molar-refractivity contribution in [2.24, 2.45) is 5.73 Å². The number of sulfone groups is 1. The van der Waals surface area contributed by atoms with Crippen molar-refractivity contribution in [2.45, 2.75) is 38.1 Å². The molecule has 1 aliphatic rings. The summed E-state index contributed by atoms with van der Waals surface area (Å²) in [7, 11) is -0.891. The lowest BCUT2D eigenvalue weighted by Gasteiger charge is -2.43. The smallest absolute Gasteiger partial charge is 0.152 e. The molecule has 0 aromatic carbocycles. The van der Waals surface area contributed by atoms with Crippen molar-refractivity contribution in [1.29, 1.82) is 0 Å². The van der Waals surface area contributed by atoms with E-state index in [2.05, 4.69) is 11.8 Å². The van der Waals surface area contributed by atoms with Gasteiger partial charge in [0.05, 0.1) is 11.5 Å². The molecule has 1 atom stereocenters. The van der Waals surface area contributed by atoms with Crippen LogP contribution in [-0.4, -0.2) is 50.5 Å². The lowest BCUT2D eigenvalue weighted by Crippen LogP contribution is -2.59. The van der Waals surface area contributed by atoms with E-state index in [1.54, 1.807) is 0 Å². The van der Waals surface area contributed by atoms with E-state index in [9.17, 15) is 8.42 Å². The standard InChI is InChI=1S/C11H24N2O2S/c1-3-4-7-13(2)11(9-12)6-5-8-16(14,15)10-11/h3-10,12H2,1-2H3. The summed E-state index contributed by atoms with van der Waals surface area (Å²) in [5, 5.41) is 0. The molecule has 1 unspecified atom stereocenters. The lowest BCUT2D eigenvalue weighted by molar-refractivity contribution is 0.130. The van der Waals surface area contributed by atoms with Gasteiger partial charge in [0.15, 0.2) is 9.84 Å². The molecular formula is C11H24N2O2S. The predicted octanol–water partition coefficient (Wildman–Crippen LogP) is 0.624. The van der Waals surface area contributed by atoms with Gasteiger partial charge in [0.25, 0.3) is 0 Å². The van der Waals surface area contributed by atoms with E-state index in [1.165, 1.54) is 0 Å². The number of likely N-dealkylation sites (N-methyl/N-ethyl adjacent to an activating group) is 1. The molecule has 16 heavy (non-hydrogen) atoms. The number of nitrogens with zero attached hydrogens (tertiary/aromatic N) is 1. The molecule has 0 bridgehead atoms. The fourth-order valence-corrected chi connectivity index (χ4v) is 4.45. The largest absolute Gasteiger partial charge is 0.329 e. The summed E-state index contributed by atoms with van der Waals surface area (Å²) in [5.74, 6) is 0.563. The Morgan fingerprint density at radius 3 is 2.62 bits per heavy atom. The van der Waals surface area contributed by atoms with E-state index in [4.69, 9.17) is 5.73 Å². The van der Waals surface area contributed by atoms with Crippen molar-refractivity contribution in [3.8, 4) is 0 Å². The van der Waals surface area contributed by atoms with Crippen LogP contribution in [0.5, 0.6) is 0 Å². The average molecular weight is 248 g/mol. The minimum atomic E-state index is -2.89. The van der Waals surface area contributed by atoms with Gasteiger partial charge in [-0.25, -0.2) is 8.42 Å². The third-order valence-corrected chi connectivity index (χ3v) is 5.51. The Hall–Kier alpha value is -0.130. The molecule has 1 saturated heterocycles. The molecule has 1 rings (SSSR count). The first-order chi connectivity index (χ1) is 7.46. The molecule has 0 amide bonds. The van der Waals surface area contributed by atoms with Crippen molar-refractivity contribution in [3.63, 3.8) is 0 Å². The highest BCUT2D eigenvalue weighted by Gasteiger charge is 2.40. The fraction of sp³-hybridized carbons (Fsp3) is 1.00. The van der Waals surface area contributed by atoms with E-state index in [-0.39, 0.29) is 11.3 Å². The van der Waals surface area contributed by atoms with Crippen LogP contribution < -0.4 is 5.73 Å². The molecule has 0 spiro atoms. The topological polar surface area (TPSA) is 63.4 Å². The summed E-state index contributed by atoms with van der Waals surface area (Å²) in [6.45, 7) is 3.51. The first kappa shape index (κ1) is 13.9. The molecule has 1 heterocycles. The molecule has 0 saturated carbocycles. The molecule has 1 fully saturated rings. The highest BCUT2D eigenvalue weighted by molar-refractivity contribution is 7.91. The van der Waals surface area contributed by atoms with E-state index >= 15 is 0 Å². The van der Waals surface area contributed by atoms with E-state index in [1.807, 2.05) is 7.05 Å². The maximum atomic E-state index is 11.7. The second kappa shape index (κ2) is 5.47. The molecule has 2 N–H and O–H groups in total. The molecule has 0 aromatic rings. The fourth-order valence-electron chi connectivity index (χ4n) is 2.43. The second-order valence-corrected chi connectivity index (χ2v) is 7.08. The summed E-state index contributed by atoms with van der Waals surface area (Å²) < 4.78 is 23.4. The molecule has 4 nitrogen and oxygen atoms in total. The van der Waals surface area contributed by atoms with Gasteiger partial charge in [-0.3, -0.25) is 4.90 Å². The quantitative estimate of drug-likeness (QED) is 0.775. The number of rotatable bonds is 5. The first-order valence-electron chi connectivity index (χ1n) is 6.07. The predicted molar refractivity (Wildman–Crippen MR) is 67.2 cm³/mol. The zero-order chi connectivity index (χ0) is 12.2. The first-order valence-corrected chi connectivity index (χ1v) is 7.90. The normalized spacial score (nSPS) is 29.5. The molecule has 1 aliphatic heterocycles. The highest BCUT2D eigenvalue weighted by Crippen LogP contribution is 2.27. The summed E-state index contributed by atoms with van der Waals surface area (Å²) >= 11 is 0. The number of hydrogen-bond donors (Lipinski definition) is 1. The summed E-state index contributed by atoms with van der Waals surface area (Å²) in [5.41, 5.74) is 5.51. The lowest BCUT2D eigenvalue weighted by atomic mass is 9.93. The Morgan fingerprint density at radius 1 is 1.44 bits per heavy atom. The third kappa shape index (κ3) is 3.18. The monoisotopic (exact) mass is 248 g/mol. The molecule has 5 heteroatoms. The molecule has 0 aromatic heterocycles. The Kier molecular flexibility index (Phi) is 4.76. The van der Waals surface area contributed by atoms with Gasteiger partial charge < -0.3 is 5.73 Å². The Balaban J connectivity index is 2.76. The Bertz CT molecular complexity index is 316. The van der Waals surface area contributed by atoms with Crippen molar-refractivity contribution >= 4 is 9.84 Å². The van der Waals surface area contributed by atoms with Gasteiger partial charge in [-0.2, -0.15) is 0 Å². The molecule has 96 valence electrons. The van der Waals surface area contributed by atoms with Crippen LogP contribution in [0, 0.1) is 0 Å². The van der Waals surface area contributed by atoms with Gasteiger partial charge in [-0.15, -0.1) is 0 Å². The van der Waals surface area contributed by atoms with Crippen LogP contribution in [0.15, 0.2) is 0 Å². The average Bonchev–Trinajstić information content (AvgIpc) is 2.24. The van der Waals surface area contributed by atoms with Crippen molar-refractivity contribution in [1.82, 2.24) is 4.90 Å². The SMILES string of the molecule is CCCCN(C)C1(CN)CCCS(=O)(=O)C1. The summed E-state index contributed by atoms with van der Waals surface area (Å²) in [6.07, 6.45) is 3.87. The van der Waals surface area contributed by atoms with Gasteiger partial charge in [0.2, 0.25) is 0 Å². The zero-order valence-electron chi connectivity index (χ0n) is 10.4. The van der Waals surface area contributed by atoms with Gasteiger partial charge in [-0.1, -0.05) is 13.3 Å². The number of nitrogens with two attached hydrogens (primary N) is 1. The molecule has 0 radical (unpaired) electrons. The minimum absolute atomic E-state index is 0.233. The number of hydrogen-bond acceptors (Lipinski definition) is 4. The van der Waals surface area contributed by atoms with Gasteiger partial charge >= 0.3 is 0 Å². The Morgan fingerprint density at radius 2 is 2.12 bits per heavy atom. The van der Waals surface area contributed by atoms with E-state index in [0.717, 1.165) is 32.2 Å². The maximum absolute atomic E-state index is 11.7. The van der Waals surface area contributed by atoms with Crippen LogP contribution in [0.25, 0.3) is 0 Å². The summed E-state index contributed by atoms with van der Waals surface area (Å²) in [6, 6.07) is 0. The van der Waals surface area contributed by atoms with Crippen LogP contribution in [0.4, 0.5) is 0 Å². The van der Waals surface area contributed by atoms with Crippen LogP contribution >= 0.6 is 0 Å². The maximum Gasteiger partial charge on any atom is 0.152 e. The zero-order valence-corrected chi connectivity index (χ0v) is 11.2. The van der Waals surface area contributed by atoms with Crippen molar-refractivity contribution in [3.05, 3.63) is 0 Å². The second-order valence-electron chi connectivity index (χ2n) is 4.90. The van der Waals surface area contributed by atoms with E-state index < -0.39 is 9.84 Å². The minimum Gasteiger partial charge on any atom is -0.329 e. The third-order valence-electron chi connectivity index (χ3n) is 3.62.